The SMILES string of the molecule is C/C=C/NCc1ccc(C2(P)CCCCCC2)cc1. The lowest BCUT2D eigenvalue weighted by molar-refractivity contribution is 0.536. The Morgan fingerprint density at radius 2 is 1.74 bits per heavy atom. The Kier molecular flexibility index (Phi) is 5.45. The van der Waals surface area contributed by atoms with Crippen molar-refractivity contribution in [1.82, 2.24) is 5.32 Å². The molecule has 19 heavy (non-hydrogen) atoms. The van der Waals surface area contributed by atoms with Gasteiger partial charge in [-0.15, -0.1) is 9.24 Å². The zero-order valence-electron chi connectivity index (χ0n) is 12.0. The lowest BCUT2D eigenvalue weighted by atomic mass is 9.90. The summed E-state index contributed by atoms with van der Waals surface area (Å²) in [6.45, 7) is 2.94. The van der Waals surface area contributed by atoms with E-state index in [1.165, 1.54) is 49.7 Å². The molecule has 1 nitrogen and oxygen atoms in total. The Labute approximate surface area is 120 Å². The second kappa shape index (κ2) is 7.10. The van der Waals surface area contributed by atoms with Gasteiger partial charge in [-0.05, 0) is 37.1 Å². The van der Waals surface area contributed by atoms with Gasteiger partial charge in [0.1, 0.15) is 0 Å². The molecular formula is C17H26NP. The van der Waals surface area contributed by atoms with Crippen LogP contribution in [0.4, 0.5) is 0 Å². The molecule has 0 bridgehead atoms. The van der Waals surface area contributed by atoms with Crippen molar-refractivity contribution in [2.24, 2.45) is 0 Å². The number of hydrogen-bond donors (Lipinski definition) is 1. The van der Waals surface area contributed by atoms with Gasteiger partial charge in [0.15, 0.2) is 0 Å². The maximum absolute atomic E-state index is 3.28. The van der Waals surface area contributed by atoms with Crippen molar-refractivity contribution < 1.29 is 0 Å². The van der Waals surface area contributed by atoms with E-state index < -0.39 is 0 Å². The van der Waals surface area contributed by atoms with Gasteiger partial charge in [-0.2, -0.15) is 0 Å². The first-order chi connectivity index (χ1) is 9.24. The van der Waals surface area contributed by atoms with Crippen LogP contribution in [0.2, 0.25) is 0 Å². The van der Waals surface area contributed by atoms with Gasteiger partial charge in [-0.3, -0.25) is 0 Å². The maximum Gasteiger partial charge on any atom is 0.0395 e. The van der Waals surface area contributed by atoms with E-state index in [-0.39, 0.29) is 0 Å². The molecule has 1 N–H and O–H groups in total. The van der Waals surface area contributed by atoms with Crippen molar-refractivity contribution in [3.8, 4) is 0 Å². The molecule has 1 atom stereocenters. The van der Waals surface area contributed by atoms with Gasteiger partial charge in [0, 0.05) is 11.7 Å². The highest BCUT2D eigenvalue weighted by Gasteiger charge is 2.27. The Balaban J connectivity index is 2.04. The summed E-state index contributed by atoms with van der Waals surface area (Å²) in [6, 6.07) is 9.18. The summed E-state index contributed by atoms with van der Waals surface area (Å²) in [5, 5.41) is 3.61. The molecule has 0 spiro atoms. The highest BCUT2D eigenvalue weighted by Crippen LogP contribution is 2.43. The van der Waals surface area contributed by atoms with Crippen LogP contribution in [0.1, 0.15) is 56.6 Å². The number of hydrogen-bond acceptors (Lipinski definition) is 1. The first-order valence-corrected chi connectivity index (χ1v) is 8.05. The highest BCUT2D eigenvalue weighted by molar-refractivity contribution is 7.18. The normalized spacial score (nSPS) is 19.3. The van der Waals surface area contributed by atoms with Crippen molar-refractivity contribution in [3.63, 3.8) is 0 Å². The van der Waals surface area contributed by atoms with E-state index in [0.29, 0.717) is 5.16 Å². The molecule has 0 aliphatic heterocycles. The topological polar surface area (TPSA) is 12.0 Å². The summed E-state index contributed by atoms with van der Waals surface area (Å²) in [6.07, 6.45) is 12.2. The third kappa shape index (κ3) is 4.08. The quantitative estimate of drug-likeness (QED) is 0.618. The summed E-state index contributed by atoms with van der Waals surface area (Å²) in [5.41, 5.74) is 2.85. The molecule has 0 aromatic heterocycles. The van der Waals surface area contributed by atoms with E-state index >= 15 is 0 Å². The molecular weight excluding hydrogens is 249 g/mol. The van der Waals surface area contributed by atoms with E-state index in [9.17, 15) is 0 Å². The van der Waals surface area contributed by atoms with Crippen LogP contribution in [-0.2, 0) is 11.7 Å². The molecule has 0 heterocycles. The zero-order chi connectivity index (χ0) is 13.6. The number of rotatable bonds is 4. The largest absolute Gasteiger partial charge is 0.387 e. The van der Waals surface area contributed by atoms with Crippen molar-refractivity contribution in [2.45, 2.75) is 57.1 Å². The minimum absolute atomic E-state index is 0.325. The van der Waals surface area contributed by atoms with Gasteiger partial charge in [-0.1, -0.05) is 56.0 Å². The fourth-order valence-electron chi connectivity index (χ4n) is 2.90. The molecule has 2 heteroatoms. The molecule has 0 saturated heterocycles. The van der Waals surface area contributed by atoms with Gasteiger partial charge < -0.3 is 5.32 Å². The first-order valence-electron chi connectivity index (χ1n) is 7.47. The van der Waals surface area contributed by atoms with Crippen LogP contribution in [0.3, 0.4) is 0 Å². The van der Waals surface area contributed by atoms with E-state index in [0.717, 1.165) is 6.54 Å². The van der Waals surface area contributed by atoms with Crippen molar-refractivity contribution in [2.75, 3.05) is 0 Å². The zero-order valence-corrected chi connectivity index (χ0v) is 13.1. The minimum Gasteiger partial charge on any atom is -0.387 e. The Morgan fingerprint density at radius 1 is 1.11 bits per heavy atom. The predicted molar refractivity (Wildman–Crippen MR) is 87.2 cm³/mol. The van der Waals surface area contributed by atoms with E-state index in [1.807, 2.05) is 19.2 Å². The number of nitrogens with one attached hydrogen (secondary N) is 1. The van der Waals surface area contributed by atoms with E-state index in [4.69, 9.17) is 0 Å². The highest BCUT2D eigenvalue weighted by atomic mass is 31.0. The van der Waals surface area contributed by atoms with Crippen LogP contribution in [0.15, 0.2) is 36.5 Å². The molecule has 0 radical (unpaired) electrons. The van der Waals surface area contributed by atoms with Crippen LogP contribution in [0, 0.1) is 0 Å². The molecule has 1 aromatic carbocycles. The van der Waals surface area contributed by atoms with Crippen LogP contribution in [0.5, 0.6) is 0 Å². The van der Waals surface area contributed by atoms with Crippen molar-refractivity contribution >= 4 is 9.24 Å². The fourth-order valence-corrected chi connectivity index (χ4v) is 3.50. The monoisotopic (exact) mass is 275 g/mol. The van der Waals surface area contributed by atoms with E-state index in [1.54, 1.807) is 0 Å². The van der Waals surface area contributed by atoms with Crippen LogP contribution < -0.4 is 5.32 Å². The van der Waals surface area contributed by atoms with Crippen molar-refractivity contribution in [1.29, 1.82) is 0 Å². The van der Waals surface area contributed by atoms with Gasteiger partial charge >= 0.3 is 0 Å². The summed E-state index contributed by atoms with van der Waals surface area (Å²) in [7, 11) is 3.15. The number of allylic oxidation sites excluding steroid dienone is 1. The summed E-state index contributed by atoms with van der Waals surface area (Å²) in [5.74, 6) is 0. The summed E-state index contributed by atoms with van der Waals surface area (Å²) < 4.78 is 0. The molecule has 1 aliphatic carbocycles. The standard InChI is InChI=1S/C17H26NP/c1-2-13-18-14-15-7-9-16(10-8-15)17(19)11-5-3-4-6-12-17/h2,7-10,13,18H,3-6,11-12,14,19H2,1H3/b13-2+. The van der Waals surface area contributed by atoms with Gasteiger partial charge in [0.2, 0.25) is 0 Å². The predicted octanol–water partition coefficient (Wildman–Crippen LogP) is 4.73. The van der Waals surface area contributed by atoms with Gasteiger partial charge in [0.25, 0.3) is 0 Å². The van der Waals surface area contributed by atoms with Crippen LogP contribution in [-0.4, -0.2) is 0 Å². The van der Waals surface area contributed by atoms with E-state index in [2.05, 4.69) is 38.8 Å². The number of benzene rings is 1. The minimum atomic E-state index is 0.325. The van der Waals surface area contributed by atoms with Gasteiger partial charge in [-0.25, -0.2) is 0 Å². The average Bonchev–Trinajstić information content (AvgIpc) is 2.66. The second-order valence-corrected chi connectivity index (χ2v) is 6.75. The second-order valence-electron chi connectivity index (χ2n) is 5.65. The Bertz CT molecular complexity index is 400. The molecule has 1 aromatic rings. The maximum atomic E-state index is 3.28. The van der Waals surface area contributed by atoms with Crippen LogP contribution >= 0.6 is 9.24 Å². The summed E-state index contributed by atoms with van der Waals surface area (Å²) >= 11 is 0. The Hall–Kier alpha value is -0.810. The smallest absolute Gasteiger partial charge is 0.0395 e. The van der Waals surface area contributed by atoms with Crippen LogP contribution in [0.25, 0.3) is 0 Å². The molecule has 2 rings (SSSR count). The fraction of sp³-hybridized carbons (Fsp3) is 0.529. The summed E-state index contributed by atoms with van der Waals surface area (Å²) in [4.78, 5) is 0. The molecule has 0 amide bonds. The third-order valence-electron chi connectivity index (χ3n) is 4.12. The molecule has 104 valence electrons. The molecule has 1 saturated carbocycles. The first kappa shape index (κ1) is 14.6. The van der Waals surface area contributed by atoms with Crippen molar-refractivity contribution in [3.05, 3.63) is 47.7 Å². The Morgan fingerprint density at radius 3 is 2.32 bits per heavy atom. The lowest BCUT2D eigenvalue weighted by Crippen LogP contribution is -2.16. The molecule has 1 fully saturated rings. The van der Waals surface area contributed by atoms with Gasteiger partial charge in [0.05, 0.1) is 0 Å². The molecule has 1 aliphatic rings. The third-order valence-corrected chi connectivity index (χ3v) is 5.03. The lowest BCUT2D eigenvalue weighted by Gasteiger charge is -2.28. The molecule has 1 unspecified atom stereocenters. The average molecular weight is 275 g/mol.